The van der Waals surface area contributed by atoms with E-state index in [9.17, 15) is 4.79 Å². The van der Waals surface area contributed by atoms with Gasteiger partial charge in [0, 0.05) is 18.6 Å². The van der Waals surface area contributed by atoms with E-state index >= 15 is 0 Å². The molecule has 1 aliphatic carbocycles. The Morgan fingerprint density at radius 3 is 2.17 bits per heavy atom. The van der Waals surface area contributed by atoms with Crippen LogP contribution in [0.25, 0.3) is 21.5 Å². The van der Waals surface area contributed by atoms with E-state index in [2.05, 4.69) is 59.9 Å². The van der Waals surface area contributed by atoms with Crippen molar-refractivity contribution in [1.29, 1.82) is 0 Å². The Hall–Kier alpha value is -2.63. The van der Waals surface area contributed by atoms with E-state index in [1.54, 1.807) is 0 Å². The molecule has 1 amide bonds. The molecular formula is C30H41N3O2. The van der Waals surface area contributed by atoms with Crippen molar-refractivity contribution in [2.45, 2.75) is 83.5 Å². The van der Waals surface area contributed by atoms with Crippen molar-refractivity contribution < 1.29 is 9.53 Å². The van der Waals surface area contributed by atoms with E-state index in [1.165, 1.54) is 39.9 Å². The molecule has 0 spiro atoms. The fourth-order valence-corrected chi connectivity index (χ4v) is 5.09. The van der Waals surface area contributed by atoms with Crippen LogP contribution in [0, 0.1) is 0 Å². The van der Waals surface area contributed by atoms with Crippen LogP contribution < -0.4 is 11.1 Å². The van der Waals surface area contributed by atoms with Gasteiger partial charge in [0.15, 0.2) is 0 Å². The molecule has 0 radical (unpaired) electrons. The van der Waals surface area contributed by atoms with Gasteiger partial charge in [-0.25, -0.2) is 4.79 Å². The Kier molecular flexibility index (Phi) is 8.30. The van der Waals surface area contributed by atoms with Gasteiger partial charge in [0.05, 0.1) is 6.54 Å². The first kappa shape index (κ1) is 25.5. The van der Waals surface area contributed by atoms with Gasteiger partial charge in [-0.2, -0.15) is 0 Å². The summed E-state index contributed by atoms with van der Waals surface area (Å²) >= 11 is 0. The number of nitrogens with zero attached hydrogens (tertiary/aromatic N) is 1. The predicted molar refractivity (Wildman–Crippen MR) is 146 cm³/mol. The molecule has 188 valence electrons. The van der Waals surface area contributed by atoms with Crippen LogP contribution in [0.15, 0.2) is 54.6 Å². The first-order valence-corrected chi connectivity index (χ1v) is 13.2. The molecule has 0 aromatic heterocycles. The number of benzene rings is 3. The fraction of sp³-hybridized carbons (Fsp3) is 0.500. The van der Waals surface area contributed by atoms with Crippen LogP contribution in [0.3, 0.4) is 0 Å². The Morgan fingerprint density at radius 1 is 0.971 bits per heavy atom. The van der Waals surface area contributed by atoms with Crippen molar-refractivity contribution in [2.24, 2.45) is 5.73 Å². The number of nitrogens with one attached hydrogen (secondary N) is 1. The molecule has 3 aromatic rings. The number of amides is 1. The Labute approximate surface area is 210 Å². The lowest BCUT2D eigenvalue weighted by Gasteiger charge is -2.29. The fourth-order valence-electron chi connectivity index (χ4n) is 5.09. The van der Waals surface area contributed by atoms with E-state index in [1.807, 2.05) is 25.7 Å². The van der Waals surface area contributed by atoms with E-state index in [4.69, 9.17) is 10.5 Å². The molecule has 0 atom stereocenters. The molecule has 4 rings (SSSR count). The van der Waals surface area contributed by atoms with Crippen molar-refractivity contribution in [1.82, 2.24) is 10.2 Å². The zero-order chi connectivity index (χ0) is 24.8. The van der Waals surface area contributed by atoms with E-state index in [0.29, 0.717) is 25.2 Å². The second-order valence-corrected chi connectivity index (χ2v) is 11.0. The number of fused-ring (bicyclic) bond motifs is 2. The third-order valence-corrected chi connectivity index (χ3v) is 6.94. The average molecular weight is 476 g/mol. The van der Waals surface area contributed by atoms with Gasteiger partial charge in [-0.15, -0.1) is 0 Å². The highest BCUT2D eigenvalue weighted by Crippen LogP contribution is 2.30. The van der Waals surface area contributed by atoms with Crippen LogP contribution >= 0.6 is 0 Å². The summed E-state index contributed by atoms with van der Waals surface area (Å²) in [7, 11) is 0. The summed E-state index contributed by atoms with van der Waals surface area (Å²) in [5.41, 5.74) is 6.69. The highest BCUT2D eigenvalue weighted by Gasteiger charge is 2.24. The summed E-state index contributed by atoms with van der Waals surface area (Å²) in [6.07, 6.45) is 6.27. The van der Waals surface area contributed by atoms with E-state index in [0.717, 1.165) is 32.2 Å². The molecule has 1 saturated carbocycles. The smallest absolute Gasteiger partial charge is 0.410 e. The highest BCUT2D eigenvalue weighted by atomic mass is 16.6. The number of hydrogen-bond acceptors (Lipinski definition) is 4. The minimum atomic E-state index is -0.528. The molecule has 0 saturated heterocycles. The largest absolute Gasteiger partial charge is 0.444 e. The molecule has 1 fully saturated rings. The molecule has 35 heavy (non-hydrogen) atoms. The molecule has 1 aliphatic rings. The van der Waals surface area contributed by atoms with Gasteiger partial charge < -0.3 is 20.7 Å². The van der Waals surface area contributed by atoms with Crippen LogP contribution in [-0.2, 0) is 11.3 Å². The second-order valence-electron chi connectivity index (χ2n) is 11.0. The van der Waals surface area contributed by atoms with Crippen molar-refractivity contribution >= 4 is 27.6 Å². The van der Waals surface area contributed by atoms with Crippen LogP contribution in [-0.4, -0.2) is 41.8 Å². The summed E-state index contributed by atoms with van der Waals surface area (Å²) in [6, 6.07) is 20.1. The number of unbranched alkanes of at least 4 members (excludes halogenated alkanes) is 1. The molecule has 0 aliphatic heterocycles. The van der Waals surface area contributed by atoms with E-state index < -0.39 is 5.60 Å². The lowest BCUT2D eigenvalue weighted by Crippen LogP contribution is -2.38. The number of rotatable bonds is 8. The minimum absolute atomic E-state index is 0.247. The number of nitrogens with two attached hydrogens (primary N) is 1. The van der Waals surface area contributed by atoms with Crippen molar-refractivity contribution in [2.75, 3.05) is 13.1 Å². The van der Waals surface area contributed by atoms with Gasteiger partial charge in [0.1, 0.15) is 5.60 Å². The predicted octanol–water partition coefficient (Wildman–Crippen LogP) is 6.37. The minimum Gasteiger partial charge on any atom is -0.444 e. The quantitative estimate of drug-likeness (QED) is 0.293. The maximum atomic E-state index is 13.3. The lowest BCUT2D eigenvalue weighted by molar-refractivity contribution is 0.0232. The van der Waals surface area contributed by atoms with Gasteiger partial charge in [-0.05, 0) is 99.0 Å². The van der Waals surface area contributed by atoms with Crippen LogP contribution in [0.5, 0.6) is 0 Å². The monoisotopic (exact) mass is 475 g/mol. The summed E-state index contributed by atoms with van der Waals surface area (Å²) in [5, 5.41) is 8.47. The number of hydrogen-bond donors (Lipinski definition) is 2. The lowest BCUT2D eigenvalue weighted by atomic mass is 9.92. The third kappa shape index (κ3) is 6.96. The van der Waals surface area contributed by atoms with Gasteiger partial charge in [-0.1, -0.05) is 48.5 Å². The zero-order valence-corrected chi connectivity index (χ0v) is 21.6. The second kappa shape index (κ2) is 11.4. The summed E-state index contributed by atoms with van der Waals surface area (Å²) in [5.74, 6) is 0. The zero-order valence-electron chi connectivity index (χ0n) is 21.6. The third-order valence-electron chi connectivity index (χ3n) is 6.94. The van der Waals surface area contributed by atoms with Crippen LogP contribution in [0.1, 0.15) is 64.9 Å². The number of carbonyl (C=O) groups is 1. The van der Waals surface area contributed by atoms with Crippen molar-refractivity contribution in [3.05, 3.63) is 60.2 Å². The molecule has 0 unspecified atom stereocenters. The first-order chi connectivity index (χ1) is 16.8. The Balaban J connectivity index is 1.48. The van der Waals surface area contributed by atoms with Gasteiger partial charge in [0.2, 0.25) is 0 Å². The molecule has 0 bridgehead atoms. The highest BCUT2D eigenvalue weighted by molar-refractivity contribution is 6.02. The first-order valence-electron chi connectivity index (χ1n) is 13.2. The number of ether oxygens (including phenoxy) is 1. The normalized spacial score (nSPS) is 18.6. The molecule has 3 aromatic carbocycles. The van der Waals surface area contributed by atoms with Gasteiger partial charge >= 0.3 is 6.09 Å². The Morgan fingerprint density at radius 2 is 1.57 bits per heavy atom. The maximum absolute atomic E-state index is 13.3. The number of carbonyl (C=O) groups excluding carboxylic acids is 1. The van der Waals surface area contributed by atoms with Gasteiger partial charge in [-0.3, -0.25) is 0 Å². The Bertz CT molecular complexity index is 1080. The maximum Gasteiger partial charge on any atom is 0.410 e. The van der Waals surface area contributed by atoms with Gasteiger partial charge in [0.25, 0.3) is 0 Å². The standard InChI is InChI=1S/C30H41N3O2/c1-30(2,3)35-29(34)33(19-9-8-18-32-25-16-14-24(31)15-17-25)21-28-26-12-6-4-10-22(26)20-23-11-5-7-13-27(23)28/h4-7,10-13,20,24-25,32H,8-9,14-19,21,31H2,1-3H3. The molecule has 5 heteroatoms. The SMILES string of the molecule is CC(C)(C)OC(=O)N(CCCCNC1CCC(N)CC1)Cc1c2ccccc2cc2ccccc12. The molecule has 0 heterocycles. The van der Waals surface area contributed by atoms with Crippen molar-refractivity contribution in [3.8, 4) is 0 Å². The summed E-state index contributed by atoms with van der Waals surface area (Å²) < 4.78 is 5.82. The molecule has 5 nitrogen and oxygen atoms in total. The molecule has 3 N–H and O–H groups in total. The summed E-state index contributed by atoms with van der Waals surface area (Å²) in [6.45, 7) is 7.96. The van der Waals surface area contributed by atoms with Crippen LogP contribution in [0.2, 0.25) is 0 Å². The topological polar surface area (TPSA) is 67.6 Å². The van der Waals surface area contributed by atoms with Crippen LogP contribution in [0.4, 0.5) is 4.79 Å². The summed E-state index contributed by atoms with van der Waals surface area (Å²) in [4.78, 5) is 15.1. The molecular weight excluding hydrogens is 434 g/mol. The average Bonchev–Trinajstić information content (AvgIpc) is 2.82. The van der Waals surface area contributed by atoms with E-state index in [-0.39, 0.29) is 6.09 Å². The van der Waals surface area contributed by atoms with Crippen molar-refractivity contribution in [3.63, 3.8) is 0 Å².